The van der Waals surface area contributed by atoms with E-state index in [1.165, 1.54) is 16.9 Å². The van der Waals surface area contributed by atoms with Gasteiger partial charge in [-0.2, -0.15) is 0 Å². The van der Waals surface area contributed by atoms with Crippen LogP contribution in [0, 0.1) is 20.8 Å². The molecule has 2 aromatic rings. The number of hydrogen-bond donors (Lipinski definition) is 0. The maximum Gasteiger partial charge on any atom is 0.284 e. The monoisotopic (exact) mass is 331 g/mol. The SMILES string of the molecule is Cc1ccc(C)c(OC2CCN(C(=O)c3nnc(C)s3)CC2)c1. The molecule has 0 atom stereocenters. The summed E-state index contributed by atoms with van der Waals surface area (Å²) in [5, 5.41) is 9.17. The van der Waals surface area contributed by atoms with E-state index < -0.39 is 0 Å². The lowest BCUT2D eigenvalue weighted by Gasteiger charge is -2.32. The van der Waals surface area contributed by atoms with Crippen molar-refractivity contribution in [3.8, 4) is 5.75 Å². The average Bonchev–Trinajstić information content (AvgIpc) is 2.97. The molecule has 1 saturated heterocycles. The van der Waals surface area contributed by atoms with Crippen molar-refractivity contribution in [2.24, 2.45) is 0 Å². The lowest BCUT2D eigenvalue weighted by Crippen LogP contribution is -2.41. The smallest absolute Gasteiger partial charge is 0.284 e. The van der Waals surface area contributed by atoms with Crippen molar-refractivity contribution >= 4 is 17.2 Å². The summed E-state index contributed by atoms with van der Waals surface area (Å²) in [5.74, 6) is 0.940. The molecule has 0 spiro atoms. The number of piperidine rings is 1. The lowest BCUT2D eigenvalue weighted by atomic mass is 10.1. The van der Waals surface area contributed by atoms with Crippen LogP contribution >= 0.6 is 11.3 Å². The number of rotatable bonds is 3. The fraction of sp³-hybridized carbons (Fsp3) is 0.471. The molecule has 1 aromatic heterocycles. The van der Waals surface area contributed by atoms with Crippen LogP contribution < -0.4 is 4.74 Å². The zero-order valence-electron chi connectivity index (χ0n) is 13.7. The van der Waals surface area contributed by atoms with E-state index in [0.29, 0.717) is 18.1 Å². The summed E-state index contributed by atoms with van der Waals surface area (Å²) in [4.78, 5) is 14.2. The third-order valence-corrected chi connectivity index (χ3v) is 4.90. The minimum absolute atomic E-state index is 0.0132. The van der Waals surface area contributed by atoms with E-state index in [4.69, 9.17) is 4.74 Å². The van der Waals surface area contributed by atoms with Crippen LogP contribution in [-0.2, 0) is 0 Å². The molecule has 0 radical (unpaired) electrons. The second kappa shape index (κ2) is 6.66. The largest absolute Gasteiger partial charge is 0.490 e. The molecule has 0 aliphatic carbocycles. The molecule has 0 N–H and O–H groups in total. The van der Waals surface area contributed by atoms with E-state index >= 15 is 0 Å². The molecular formula is C17H21N3O2S. The number of nitrogens with zero attached hydrogens (tertiary/aromatic N) is 3. The maximum absolute atomic E-state index is 12.4. The first-order valence-electron chi connectivity index (χ1n) is 7.86. The van der Waals surface area contributed by atoms with E-state index in [-0.39, 0.29) is 12.0 Å². The molecule has 1 amide bonds. The lowest BCUT2D eigenvalue weighted by molar-refractivity contribution is 0.0593. The molecule has 5 nitrogen and oxygen atoms in total. The van der Waals surface area contributed by atoms with Crippen molar-refractivity contribution in [1.29, 1.82) is 0 Å². The van der Waals surface area contributed by atoms with Crippen molar-refractivity contribution in [2.45, 2.75) is 39.7 Å². The van der Waals surface area contributed by atoms with Gasteiger partial charge in [0.1, 0.15) is 16.9 Å². The fourth-order valence-electron chi connectivity index (χ4n) is 2.71. The van der Waals surface area contributed by atoms with Gasteiger partial charge in [0.25, 0.3) is 5.91 Å². The van der Waals surface area contributed by atoms with Crippen LogP contribution in [0.2, 0.25) is 0 Å². The topological polar surface area (TPSA) is 55.3 Å². The Morgan fingerprint density at radius 3 is 2.61 bits per heavy atom. The van der Waals surface area contributed by atoms with Crippen LogP contribution in [0.3, 0.4) is 0 Å². The van der Waals surface area contributed by atoms with Gasteiger partial charge in [-0.15, -0.1) is 10.2 Å². The van der Waals surface area contributed by atoms with Crippen LogP contribution in [0.15, 0.2) is 18.2 Å². The van der Waals surface area contributed by atoms with Gasteiger partial charge in [-0.25, -0.2) is 0 Å². The molecule has 0 unspecified atom stereocenters. The fourth-order valence-corrected chi connectivity index (χ4v) is 3.37. The van der Waals surface area contributed by atoms with Gasteiger partial charge in [-0.3, -0.25) is 4.79 Å². The maximum atomic E-state index is 12.4. The summed E-state index contributed by atoms with van der Waals surface area (Å²) in [5.41, 5.74) is 2.35. The van der Waals surface area contributed by atoms with E-state index in [0.717, 1.165) is 29.2 Å². The number of likely N-dealkylation sites (tertiary alicyclic amines) is 1. The molecule has 1 aromatic carbocycles. The Bertz CT molecular complexity index is 706. The molecule has 6 heteroatoms. The van der Waals surface area contributed by atoms with Gasteiger partial charge in [-0.05, 0) is 38.0 Å². The van der Waals surface area contributed by atoms with Gasteiger partial charge in [0.2, 0.25) is 5.01 Å². The van der Waals surface area contributed by atoms with E-state index in [1.54, 1.807) is 0 Å². The Morgan fingerprint density at radius 1 is 1.22 bits per heavy atom. The van der Waals surface area contributed by atoms with Crippen molar-refractivity contribution in [3.63, 3.8) is 0 Å². The Balaban J connectivity index is 1.58. The highest BCUT2D eigenvalue weighted by Crippen LogP contribution is 2.24. The predicted octanol–water partition coefficient (Wildman–Crippen LogP) is 3.15. The summed E-state index contributed by atoms with van der Waals surface area (Å²) in [6, 6.07) is 6.26. The van der Waals surface area contributed by atoms with E-state index in [1.807, 2.05) is 11.8 Å². The summed E-state index contributed by atoms with van der Waals surface area (Å²) >= 11 is 1.35. The molecule has 1 aliphatic heterocycles. The number of amides is 1. The number of carbonyl (C=O) groups is 1. The van der Waals surface area contributed by atoms with Gasteiger partial charge in [0.15, 0.2) is 0 Å². The van der Waals surface area contributed by atoms with Crippen molar-refractivity contribution in [3.05, 3.63) is 39.3 Å². The van der Waals surface area contributed by atoms with Crippen LogP contribution in [-0.4, -0.2) is 40.2 Å². The first-order chi connectivity index (χ1) is 11.0. The zero-order chi connectivity index (χ0) is 16.4. The number of carbonyl (C=O) groups excluding carboxylic acids is 1. The molecule has 1 fully saturated rings. The van der Waals surface area contributed by atoms with E-state index in [9.17, 15) is 4.79 Å². The minimum atomic E-state index is -0.0132. The second-order valence-corrected chi connectivity index (χ2v) is 7.19. The van der Waals surface area contributed by atoms with Crippen LogP contribution in [0.4, 0.5) is 0 Å². The van der Waals surface area contributed by atoms with E-state index in [2.05, 4.69) is 42.2 Å². The molecule has 2 heterocycles. The van der Waals surface area contributed by atoms with Gasteiger partial charge in [0, 0.05) is 25.9 Å². The highest BCUT2D eigenvalue weighted by atomic mass is 32.1. The van der Waals surface area contributed by atoms with Gasteiger partial charge in [0.05, 0.1) is 0 Å². The quantitative estimate of drug-likeness (QED) is 0.867. The second-order valence-electron chi connectivity index (χ2n) is 6.00. The Kier molecular flexibility index (Phi) is 4.61. The molecule has 1 aliphatic rings. The Morgan fingerprint density at radius 2 is 1.96 bits per heavy atom. The Hall–Kier alpha value is -1.95. The molecule has 3 rings (SSSR count). The zero-order valence-corrected chi connectivity index (χ0v) is 14.5. The molecule has 0 bridgehead atoms. The molecule has 0 saturated carbocycles. The van der Waals surface area contributed by atoms with Crippen molar-refractivity contribution in [1.82, 2.24) is 15.1 Å². The number of aromatic nitrogens is 2. The Labute approximate surface area is 140 Å². The minimum Gasteiger partial charge on any atom is -0.490 e. The van der Waals surface area contributed by atoms with Crippen LogP contribution in [0.25, 0.3) is 0 Å². The predicted molar refractivity (Wildman–Crippen MR) is 90.1 cm³/mol. The average molecular weight is 331 g/mol. The standard InChI is InChI=1S/C17H21N3O2S/c1-11-4-5-12(2)15(10-11)22-14-6-8-20(9-7-14)17(21)16-19-18-13(3)23-16/h4-5,10,14H,6-9H2,1-3H3. The van der Waals surface area contributed by atoms with Gasteiger partial charge >= 0.3 is 0 Å². The number of hydrogen-bond acceptors (Lipinski definition) is 5. The molecule has 122 valence electrons. The summed E-state index contributed by atoms with van der Waals surface area (Å²) in [7, 11) is 0. The summed E-state index contributed by atoms with van der Waals surface area (Å²) in [6.07, 6.45) is 1.85. The van der Waals surface area contributed by atoms with Crippen molar-refractivity contribution in [2.75, 3.05) is 13.1 Å². The summed E-state index contributed by atoms with van der Waals surface area (Å²) < 4.78 is 6.14. The third-order valence-electron chi connectivity index (χ3n) is 4.08. The number of benzene rings is 1. The third kappa shape index (κ3) is 3.69. The van der Waals surface area contributed by atoms with Crippen LogP contribution in [0.5, 0.6) is 5.75 Å². The highest BCUT2D eigenvalue weighted by Gasteiger charge is 2.26. The normalized spacial score (nSPS) is 15.7. The van der Waals surface area contributed by atoms with Gasteiger partial charge < -0.3 is 9.64 Å². The number of ether oxygens (including phenoxy) is 1. The van der Waals surface area contributed by atoms with Crippen LogP contribution in [0.1, 0.15) is 38.8 Å². The molecular weight excluding hydrogens is 310 g/mol. The first-order valence-corrected chi connectivity index (χ1v) is 8.68. The molecule has 23 heavy (non-hydrogen) atoms. The summed E-state index contributed by atoms with van der Waals surface area (Å²) in [6.45, 7) is 7.39. The number of aryl methyl sites for hydroxylation is 3. The first kappa shape index (κ1) is 15.9. The highest BCUT2D eigenvalue weighted by molar-refractivity contribution is 7.13. The van der Waals surface area contributed by atoms with Gasteiger partial charge in [-0.1, -0.05) is 23.5 Å². The van der Waals surface area contributed by atoms with Crippen molar-refractivity contribution < 1.29 is 9.53 Å².